The van der Waals surface area contributed by atoms with Crippen LogP contribution in [-0.4, -0.2) is 61.4 Å². The molecule has 92 valence electrons. The van der Waals surface area contributed by atoms with Crippen molar-refractivity contribution in [1.82, 2.24) is 4.90 Å². The smallest absolute Gasteiger partial charge is 0.341 e. The van der Waals surface area contributed by atoms with Gasteiger partial charge in [0.15, 0.2) is 6.61 Å². The number of rotatable bonds is 6. The molecule has 16 heavy (non-hydrogen) atoms. The molecule has 0 spiro atoms. The Bertz CT molecular complexity index is 237. The van der Waals surface area contributed by atoms with E-state index in [1.165, 1.54) is 0 Å². The summed E-state index contributed by atoms with van der Waals surface area (Å²) >= 11 is 0. The highest BCUT2D eigenvalue weighted by Crippen LogP contribution is 2.01. The van der Waals surface area contributed by atoms with Crippen molar-refractivity contribution < 1.29 is 24.2 Å². The molecule has 0 saturated carbocycles. The summed E-state index contributed by atoms with van der Waals surface area (Å²) in [6.07, 6.45) is 0.961. The Kier molecular flexibility index (Phi) is 5.81. The summed E-state index contributed by atoms with van der Waals surface area (Å²) < 4.78 is 9.70. The van der Waals surface area contributed by atoms with Gasteiger partial charge in [-0.1, -0.05) is 0 Å². The van der Waals surface area contributed by atoms with E-state index in [4.69, 9.17) is 9.84 Å². The Morgan fingerprint density at radius 2 is 2.00 bits per heavy atom. The number of nitrogens with zero attached hydrogens (tertiary/aromatic N) is 1. The molecule has 1 fully saturated rings. The van der Waals surface area contributed by atoms with Crippen molar-refractivity contribution in [2.75, 3.05) is 39.5 Å². The minimum Gasteiger partial charge on any atom is -0.479 e. The van der Waals surface area contributed by atoms with Crippen LogP contribution in [0.5, 0.6) is 0 Å². The van der Waals surface area contributed by atoms with Crippen molar-refractivity contribution in [1.29, 1.82) is 0 Å². The maximum atomic E-state index is 11.1. The maximum absolute atomic E-state index is 11.1. The average Bonchev–Trinajstić information content (AvgIpc) is 2.28. The highest BCUT2D eigenvalue weighted by atomic mass is 16.5. The summed E-state index contributed by atoms with van der Waals surface area (Å²) in [6, 6.07) is 0. The zero-order chi connectivity index (χ0) is 11.8. The summed E-state index contributed by atoms with van der Waals surface area (Å²) in [6.45, 7) is 3.54. The molecule has 0 bridgehead atoms. The number of hydrogen-bond donors (Lipinski definition) is 1. The van der Waals surface area contributed by atoms with Gasteiger partial charge in [0, 0.05) is 19.5 Å². The molecule has 6 heteroatoms. The van der Waals surface area contributed by atoms with Gasteiger partial charge in [-0.2, -0.15) is 0 Å². The van der Waals surface area contributed by atoms with Crippen LogP contribution in [0.3, 0.4) is 0 Å². The number of carboxylic acid groups (broad SMARTS) is 1. The van der Waals surface area contributed by atoms with Crippen LogP contribution in [0, 0.1) is 0 Å². The lowest BCUT2D eigenvalue weighted by Crippen LogP contribution is -2.37. The molecule has 0 aromatic rings. The van der Waals surface area contributed by atoms with E-state index in [9.17, 15) is 9.59 Å². The van der Waals surface area contributed by atoms with Gasteiger partial charge in [-0.3, -0.25) is 9.69 Å². The van der Waals surface area contributed by atoms with Gasteiger partial charge in [0.25, 0.3) is 0 Å². The highest BCUT2D eigenvalue weighted by molar-refractivity contribution is 5.75. The fraction of sp³-hybridized carbons (Fsp3) is 0.800. The Labute approximate surface area is 94.1 Å². The van der Waals surface area contributed by atoms with Crippen LogP contribution in [0.2, 0.25) is 0 Å². The monoisotopic (exact) mass is 231 g/mol. The lowest BCUT2D eigenvalue weighted by atomic mass is 10.3. The second-order valence-corrected chi connectivity index (χ2v) is 3.61. The molecule has 1 N–H and O–H groups in total. The van der Waals surface area contributed by atoms with Gasteiger partial charge in [-0.15, -0.1) is 0 Å². The lowest BCUT2D eigenvalue weighted by molar-refractivity contribution is -0.155. The molecule has 1 aliphatic heterocycles. The number of carbonyl (C=O) groups excluding carboxylic acids is 1. The number of ether oxygens (including phenoxy) is 2. The second-order valence-electron chi connectivity index (χ2n) is 3.61. The number of carboxylic acids is 1. The van der Waals surface area contributed by atoms with Crippen molar-refractivity contribution >= 4 is 11.9 Å². The minimum atomic E-state index is -1.12. The van der Waals surface area contributed by atoms with Gasteiger partial charge in [-0.25, -0.2) is 4.79 Å². The summed E-state index contributed by atoms with van der Waals surface area (Å²) in [5.74, 6) is -1.57. The molecule has 1 aliphatic rings. The van der Waals surface area contributed by atoms with E-state index in [-0.39, 0.29) is 6.42 Å². The number of hydrogen-bond acceptors (Lipinski definition) is 5. The summed E-state index contributed by atoms with van der Waals surface area (Å²) in [5, 5.41) is 8.29. The van der Waals surface area contributed by atoms with E-state index >= 15 is 0 Å². The van der Waals surface area contributed by atoms with Gasteiger partial charge >= 0.3 is 11.9 Å². The highest BCUT2D eigenvalue weighted by Gasteiger charge is 2.11. The molecule has 1 heterocycles. The molecule has 0 unspecified atom stereocenters. The normalized spacial score (nSPS) is 17.0. The van der Waals surface area contributed by atoms with Crippen LogP contribution >= 0.6 is 0 Å². The quantitative estimate of drug-likeness (QED) is 0.634. The van der Waals surface area contributed by atoms with E-state index in [0.29, 0.717) is 6.42 Å². The average molecular weight is 231 g/mol. The van der Waals surface area contributed by atoms with Crippen LogP contribution in [0.25, 0.3) is 0 Å². The number of morpholine rings is 1. The molecule has 0 atom stereocenters. The molecule has 0 radical (unpaired) electrons. The lowest BCUT2D eigenvalue weighted by Gasteiger charge is -2.26. The molecular weight excluding hydrogens is 214 g/mol. The van der Waals surface area contributed by atoms with Gasteiger partial charge in [-0.05, 0) is 13.0 Å². The molecule has 0 aromatic carbocycles. The van der Waals surface area contributed by atoms with Crippen molar-refractivity contribution in [3.05, 3.63) is 0 Å². The first-order valence-electron chi connectivity index (χ1n) is 5.36. The maximum Gasteiger partial charge on any atom is 0.341 e. The Balaban J connectivity index is 2.01. The summed E-state index contributed by atoms with van der Waals surface area (Å²) in [7, 11) is 0. The zero-order valence-electron chi connectivity index (χ0n) is 9.18. The third-order valence-electron chi connectivity index (χ3n) is 2.32. The van der Waals surface area contributed by atoms with E-state index in [1.807, 2.05) is 0 Å². The third-order valence-corrected chi connectivity index (χ3v) is 2.32. The first kappa shape index (κ1) is 12.9. The number of esters is 1. The van der Waals surface area contributed by atoms with Crippen molar-refractivity contribution in [2.45, 2.75) is 12.8 Å². The van der Waals surface area contributed by atoms with Crippen molar-refractivity contribution in [2.24, 2.45) is 0 Å². The summed E-state index contributed by atoms with van der Waals surface area (Å²) in [5.41, 5.74) is 0. The second kappa shape index (κ2) is 7.19. The largest absolute Gasteiger partial charge is 0.479 e. The zero-order valence-corrected chi connectivity index (χ0v) is 9.18. The first-order valence-corrected chi connectivity index (χ1v) is 5.36. The first-order chi connectivity index (χ1) is 7.68. The standard InChI is InChI=1S/C10H17NO5/c12-9(13)8-16-10(14)2-1-3-11-4-6-15-7-5-11/h1-8H2,(H,12,13). The SMILES string of the molecule is O=C(O)COC(=O)CCCN1CCOCC1. The van der Waals surface area contributed by atoms with E-state index in [0.717, 1.165) is 32.8 Å². The van der Waals surface area contributed by atoms with Crippen LogP contribution in [0.15, 0.2) is 0 Å². The van der Waals surface area contributed by atoms with E-state index in [1.54, 1.807) is 0 Å². The van der Waals surface area contributed by atoms with Gasteiger partial charge in [0.2, 0.25) is 0 Å². The number of aliphatic carboxylic acids is 1. The fourth-order valence-corrected chi connectivity index (χ4v) is 1.49. The van der Waals surface area contributed by atoms with Crippen LogP contribution in [0.1, 0.15) is 12.8 Å². The Morgan fingerprint density at radius 1 is 1.31 bits per heavy atom. The Morgan fingerprint density at radius 3 is 2.62 bits per heavy atom. The molecule has 0 aromatic heterocycles. The molecule has 0 aliphatic carbocycles. The van der Waals surface area contributed by atoms with Gasteiger partial charge in [0.1, 0.15) is 0 Å². The predicted octanol–water partition coefficient (Wildman–Crippen LogP) is -0.273. The van der Waals surface area contributed by atoms with Crippen molar-refractivity contribution in [3.8, 4) is 0 Å². The van der Waals surface area contributed by atoms with Crippen LogP contribution < -0.4 is 0 Å². The molecule has 1 saturated heterocycles. The van der Waals surface area contributed by atoms with Gasteiger partial charge < -0.3 is 14.6 Å². The Hall–Kier alpha value is -1.14. The predicted molar refractivity (Wildman–Crippen MR) is 55.1 cm³/mol. The third kappa shape index (κ3) is 5.67. The van der Waals surface area contributed by atoms with E-state index in [2.05, 4.69) is 9.64 Å². The summed E-state index contributed by atoms with van der Waals surface area (Å²) in [4.78, 5) is 23.4. The van der Waals surface area contributed by atoms with Crippen LogP contribution in [-0.2, 0) is 19.1 Å². The minimum absolute atomic E-state index is 0.268. The molecule has 1 rings (SSSR count). The fourth-order valence-electron chi connectivity index (χ4n) is 1.49. The topological polar surface area (TPSA) is 76.1 Å². The van der Waals surface area contributed by atoms with E-state index < -0.39 is 18.5 Å². The number of carbonyl (C=O) groups is 2. The van der Waals surface area contributed by atoms with Crippen molar-refractivity contribution in [3.63, 3.8) is 0 Å². The molecule has 6 nitrogen and oxygen atoms in total. The molecular formula is C10H17NO5. The molecule has 0 amide bonds. The van der Waals surface area contributed by atoms with Gasteiger partial charge in [0.05, 0.1) is 13.2 Å². The van der Waals surface area contributed by atoms with Crippen LogP contribution in [0.4, 0.5) is 0 Å².